The zero-order valence-electron chi connectivity index (χ0n) is 15.0. The van der Waals surface area contributed by atoms with Crippen molar-refractivity contribution >= 4 is 11.6 Å². The molecule has 0 aliphatic heterocycles. The Balaban J connectivity index is 1.60. The van der Waals surface area contributed by atoms with Crippen LogP contribution in [0.1, 0.15) is 21.9 Å². The summed E-state index contributed by atoms with van der Waals surface area (Å²) in [5, 5.41) is 10.9. The van der Waals surface area contributed by atoms with Crippen LogP contribution in [0.2, 0.25) is 0 Å². The molecule has 3 aromatic rings. The zero-order chi connectivity index (χ0) is 20.1. The zero-order valence-corrected chi connectivity index (χ0v) is 15.0. The topological polar surface area (TPSA) is 85.8 Å². The highest BCUT2D eigenvalue weighted by atomic mass is 19.1. The third kappa shape index (κ3) is 4.73. The molecular formula is C20H17FN2O5. The third-order valence-electron chi connectivity index (χ3n) is 3.95. The second-order valence-corrected chi connectivity index (χ2v) is 6.10. The van der Waals surface area contributed by atoms with Crippen molar-refractivity contribution in [2.45, 2.75) is 13.2 Å². The third-order valence-corrected chi connectivity index (χ3v) is 3.95. The van der Waals surface area contributed by atoms with E-state index >= 15 is 0 Å². The highest BCUT2D eigenvalue weighted by Crippen LogP contribution is 2.18. The van der Waals surface area contributed by atoms with Crippen LogP contribution in [0.3, 0.4) is 0 Å². The molecule has 0 aliphatic rings. The highest BCUT2D eigenvalue weighted by Gasteiger charge is 2.17. The molecule has 0 radical (unpaired) electrons. The Kier molecular flexibility index (Phi) is 5.69. The number of hydrogen-bond donors (Lipinski definition) is 0. The summed E-state index contributed by atoms with van der Waals surface area (Å²) < 4.78 is 23.9. The molecule has 3 rings (SSSR count). The number of non-ortho nitro benzene ring substituents is 1. The van der Waals surface area contributed by atoms with Gasteiger partial charge in [-0.25, -0.2) is 4.39 Å². The van der Waals surface area contributed by atoms with E-state index in [0.29, 0.717) is 17.1 Å². The van der Waals surface area contributed by atoms with Gasteiger partial charge in [-0.15, -0.1) is 0 Å². The molecule has 1 aromatic heterocycles. The quantitative estimate of drug-likeness (QED) is 0.451. The molecule has 0 aliphatic carbocycles. The number of rotatable bonds is 7. The van der Waals surface area contributed by atoms with Gasteiger partial charge in [-0.3, -0.25) is 14.9 Å². The molecule has 0 spiro atoms. The monoisotopic (exact) mass is 384 g/mol. The largest absolute Gasteiger partial charge is 0.486 e. The molecule has 0 fully saturated rings. The maximum absolute atomic E-state index is 12.9. The molecule has 8 heteroatoms. The molecular weight excluding hydrogens is 367 g/mol. The van der Waals surface area contributed by atoms with E-state index in [0.717, 1.165) is 0 Å². The average molecular weight is 384 g/mol. The number of carbonyl (C=O) groups is 1. The minimum absolute atomic E-state index is 0.0309. The maximum atomic E-state index is 12.9. The van der Waals surface area contributed by atoms with Gasteiger partial charge in [0.1, 0.15) is 23.9 Å². The first kappa shape index (κ1) is 19.1. The van der Waals surface area contributed by atoms with E-state index < -0.39 is 4.92 Å². The van der Waals surface area contributed by atoms with Crippen LogP contribution in [0.4, 0.5) is 10.1 Å². The van der Waals surface area contributed by atoms with Crippen molar-refractivity contribution in [1.82, 2.24) is 4.90 Å². The van der Waals surface area contributed by atoms with Crippen molar-refractivity contribution in [2.24, 2.45) is 0 Å². The fourth-order valence-electron chi connectivity index (χ4n) is 2.56. The Labute approximate surface area is 160 Å². The number of furan rings is 1. The summed E-state index contributed by atoms with van der Waals surface area (Å²) in [6.45, 7) is 0.288. The second-order valence-electron chi connectivity index (χ2n) is 6.10. The number of nitro benzene ring substituents is 1. The summed E-state index contributed by atoms with van der Waals surface area (Å²) in [5.41, 5.74) is 0.605. The minimum atomic E-state index is -0.481. The van der Waals surface area contributed by atoms with E-state index in [1.54, 1.807) is 25.2 Å². The lowest BCUT2D eigenvalue weighted by Gasteiger charge is -2.15. The first-order valence-electron chi connectivity index (χ1n) is 8.38. The predicted octanol–water partition coefficient (Wildman–Crippen LogP) is 4.18. The molecule has 2 aromatic carbocycles. The molecule has 1 amide bonds. The lowest BCUT2D eigenvalue weighted by Crippen LogP contribution is -2.25. The van der Waals surface area contributed by atoms with Crippen LogP contribution >= 0.6 is 0 Å². The Morgan fingerprint density at radius 1 is 1.18 bits per heavy atom. The molecule has 0 bridgehead atoms. The first-order valence-corrected chi connectivity index (χ1v) is 8.38. The van der Waals surface area contributed by atoms with Gasteiger partial charge in [0.25, 0.3) is 11.6 Å². The second kappa shape index (κ2) is 8.34. The van der Waals surface area contributed by atoms with Crippen LogP contribution < -0.4 is 4.74 Å². The van der Waals surface area contributed by atoms with E-state index in [-0.39, 0.29) is 36.3 Å². The fourth-order valence-corrected chi connectivity index (χ4v) is 2.56. The normalized spacial score (nSPS) is 10.5. The summed E-state index contributed by atoms with van der Waals surface area (Å²) in [6.07, 6.45) is 0. The molecule has 1 heterocycles. The molecule has 7 nitrogen and oxygen atoms in total. The molecule has 0 saturated carbocycles. The Hall–Kier alpha value is -3.68. The highest BCUT2D eigenvalue weighted by molar-refractivity contribution is 5.91. The summed E-state index contributed by atoms with van der Waals surface area (Å²) in [7, 11) is 1.58. The van der Waals surface area contributed by atoms with E-state index in [1.807, 2.05) is 0 Å². The molecule has 28 heavy (non-hydrogen) atoms. The number of nitro groups is 1. The van der Waals surface area contributed by atoms with Gasteiger partial charge in [-0.05, 0) is 42.0 Å². The lowest BCUT2D eigenvalue weighted by atomic mass is 10.2. The molecule has 0 unspecified atom stereocenters. The SMILES string of the molecule is CN(Cc1cccc([N+](=O)[O-])c1)C(=O)c1ccc(COc2ccc(F)cc2)o1. The molecule has 0 N–H and O–H groups in total. The molecule has 0 saturated heterocycles. The number of benzene rings is 2. The van der Waals surface area contributed by atoms with Crippen LogP contribution in [-0.2, 0) is 13.2 Å². The number of ether oxygens (including phenoxy) is 1. The Morgan fingerprint density at radius 3 is 2.64 bits per heavy atom. The minimum Gasteiger partial charge on any atom is -0.486 e. The van der Waals surface area contributed by atoms with E-state index in [1.165, 1.54) is 47.4 Å². The van der Waals surface area contributed by atoms with Gasteiger partial charge in [0.2, 0.25) is 0 Å². The molecule has 0 atom stereocenters. The van der Waals surface area contributed by atoms with E-state index in [4.69, 9.17) is 9.15 Å². The van der Waals surface area contributed by atoms with Crippen molar-refractivity contribution < 1.29 is 23.3 Å². The fraction of sp³-hybridized carbons (Fsp3) is 0.150. The summed E-state index contributed by atoms with van der Waals surface area (Å²) in [6, 6.07) is 14.8. The van der Waals surface area contributed by atoms with Gasteiger partial charge in [0.05, 0.1) is 4.92 Å². The molecule has 144 valence electrons. The summed E-state index contributed by atoms with van der Waals surface area (Å²) in [4.78, 5) is 24.3. The van der Waals surface area contributed by atoms with Gasteiger partial charge in [-0.2, -0.15) is 0 Å². The van der Waals surface area contributed by atoms with E-state index in [9.17, 15) is 19.3 Å². The number of nitrogens with zero attached hydrogens (tertiary/aromatic N) is 2. The van der Waals surface area contributed by atoms with Crippen molar-refractivity contribution in [3.63, 3.8) is 0 Å². The summed E-state index contributed by atoms with van der Waals surface area (Å²) >= 11 is 0. The number of amides is 1. The van der Waals surface area contributed by atoms with Crippen molar-refractivity contribution in [1.29, 1.82) is 0 Å². The van der Waals surface area contributed by atoms with Gasteiger partial charge >= 0.3 is 0 Å². The standard InChI is InChI=1S/C20H17FN2O5/c1-22(12-14-3-2-4-16(11-14)23(25)26)20(24)19-10-9-18(28-19)13-27-17-7-5-15(21)6-8-17/h2-11H,12-13H2,1H3. The van der Waals surface area contributed by atoms with Crippen LogP contribution in [0, 0.1) is 15.9 Å². The van der Waals surface area contributed by atoms with Gasteiger partial charge in [0, 0.05) is 25.7 Å². The predicted molar refractivity (Wildman–Crippen MR) is 98.3 cm³/mol. The van der Waals surface area contributed by atoms with Gasteiger partial charge in [-0.1, -0.05) is 12.1 Å². The number of carbonyl (C=O) groups excluding carboxylic acids is 1. The lowest BCUT2D eigenvalue weighted by molar-refractivity contribution is -0.384. The maximum Gasteiger partial charge on any atom is 0.289 e. The summed E-state index contributed by atoms with van der Waals surface area (Å²) in [5.74, 6) is 0.333. The van der Waals surface area contributed by atoms with Crippen LogP contribution in [-0.4, -0.2) is 22.8 Å². The Morgan fingerprint density at radius 2 is 1.93 bits per heavy atom. The van der Waals surface area contributed by atoms with Gasteiger partial charge < -0.3 is 14.1 Å². The van der Waals surface area contributed by atoms with Crippen LogP contribution in [0.15, 0.2) is 65.1 Å². The Bertz CT molecular complexity index is 984. The first-order chi connectivity index (χ1) is 13.4. The van der Waals surface area contributed by atoms with Crippen LogP contribution in [0.25, 0.3) is 0 Å². The van der Waals surface area contributed by atoms with E-state index in [2.05, 4.69) is 0 Å². The van der Waals surface area contributed by atoms with Crippen molar-refractivity contribution in [3.05, 3.63) is 93.7 Å². The van der Waals surface area contributed by atoms with Crippen LogP contribution in [0.5, 0.6) is 5.75 Å². The average Bonchev–Trinajstić information content (AvgIpc) is 3.16. The smallest absolute Gasteiger partial charge is 0.289 e. The van der Waals surface area contributed by atoms with Crippen molar-refractivity contribution in [3.8, 4) is 5.75 Å². The number of hydrogen-bond acceptors (Lipinski definition) is 5. The van der Waals surface area contributed by atoms with Crippen molar-refractivity contribution in [2.75, 3.05) is 7.05 Å². The number of halogens is 1. The van der Waals surface area contributed by atoms with Gasteiger partial charge in [0.15, 0.2) is 5.76 Å².